The fourth-order valence-electron chi connectivity index (χ4n) is 5.56. The van der Waals surface area contributed by atoms with E-state index in [9.17, 15) is 19.0 Å². The first-order valence-corrected chi connectivity index (χ1v) is 21.8. The zero-order chi connectivity index (χ0) is 38.0. The van der Waals surface area contributed by atoms with Crippen LogP contribution in [0.1, 0.15) is 155 Å². The van der Waals surface area contributed by atoms with Crippen LogP contribution < -0.4 is 5.73 Å². The van der Waals surface area contributed by atoms with Gasteiger partial charge < -0.3 is 24.8 Å². The van der Waals surface area contributed by atoms with Crippen LogP contribution in [0.15, 0.2) is 48.6 Å². The van der Waals surface area contributed by atoms with E-state index in [0.29, 0.717) is 12.8 Å². The third-order valence-electron chi connectivity index (χ3n) is 8.68. The highest BCUT2D eigenvalue weighted by atomic mass is 31.2. The van der Waals surface area contributed by atoms with Gasteiger partial charge in [-0.1, -0.05) is 152 Å². The molecule has 0 aliphatic carbocycles. The molecule has 1 fully saturated rings. The van der Waals surface area contributed by atoms with Gasteiger partial charge >= 0.3 is 19.8 Å². The fraction of sp³-hybridized carbons (Fsp3) is 0.756. The third kappa shape index (κ3) is 30.4. The minimum Gasteiger partial charge on any atom is -0.462 e. The second-order valence-corrected chi connectivity index (χ2v) is 15.1. The van der Waals surface area contributed by atoms with E-state index in [1.165, 1.54) is 83.5 Å². The van der Waals surface area contributed by atoms with Gasteiger partial charge in [0.15, 0.2) is 6.10 Å². The number of carbonyl (C=O) groups is 2. The van der Waals surface area contributed by atoms with Crippen LogP contribution >= 0.6 is 7.82 Å². The summed E-state index contributed by atoms with van der Waals surface area (Å²) < 4.78 is 38.4. The molecule has 1 aliphatic rings. The van der Waals surface area contributed by atoms with Gasteiger partial charge in [-0.15, -0.1) is 0 Å². The molecule has 0 aromatic heterocycles. The number of hydrogen-bond acceptors (Lipinski definition) is 9. The molecule has 0 aromatic rings. The molecule has 10 nitrogen and oxygen atoms in total. The molecule has 0 aromatic carbocycles. The van der Waals surface area contributed by atoms with Crippen molar-refractivity contribution in [1.82, 2.24) is 0 Å². The lowest BCUT2D eigenvalue weighted by molar-refractivity contribution is -0.161. The predicted octanol–water partition coefficient (Wildman–Crippen LogP) is 10.1. The van der Waals surface area contributed by atoms with E-state index in [-0.39, 0.29) is 44.8 Å². The molecule has 0 saturated carbocycles. The first-order valence-electron chi connectivity index (χ1n) is 20.3. The molecule has 0 amide bonds. The lowest BCUT2D eigenvalue weighted by Gasteiger charge is -2.19. The molecular weight excluding hydrogens is 681 g/mol. The summed E-state index contributed by atoms with van der Waals surface area (Å²) in [6, 6.07) is 0. The maximum atomic E-state index is 12.6. The number of nitrogens with two attached hydrogens (primary N) is 1. The molecule has 4 unspecified atom stereocenters. The van der Waals surface area contributed by atoms with Gasteiger partial charge in [-0.25, -0.2) is 4.57 Å². The molecule has 0 bridgehead atoms. The van der Waals surface area contributed by atoms with E-state index in [1.54, 1.807) is 0 Å². The van der Waals surface area contributed by atoms with Crippen molar-refractivity contribution in [2.75, 3.05) is 26.4 Å². The van der Waals surface area contributed by atoms with Gasteiger partial charge in [0.2, 0.25) is 0 Å². The van der Waals surface area contributed by atoms with Gasteiger partial charge in [-0.05, 0) is 38.5 Å². The predicted molar refractivity (Wildman–Crippen MR) is 210 cm³/mol. The number of ether oxygens (including phenoxy) is 3. The molecule has 1 saturated heterocycles. The van der Waals surface area contributed by atoms with E-state index < -0.39 is 32.5 Å². The number of epoxide rings is 1. The van der Waals surface area contributed by atoms with E-state index in [1.807, 2.05) is 30.4 Å². The number of phosphoric acid groups is 1. The maximum Gasteiger partial charge on any atom is 0.472 e. The van der Waals surface area contributed by atoms with Crippen molar-refractivity contribution in [2.45, 2.75) is 173 Å². The SMILES string of the molecule is CCCCC/C=C/C/C=C/C=C\C=C/C1OC1CCCC(=O)OC(COC(=O)CCCCCCCCCCCCCCC)COP(=O)(O)OCCN. The fourth-order valence-corrected chi connectivity index (χ4v) is 6.32. The summed E-state index contributed by atoms with van der Waals surface area (Å²) in [5.74, 6) is -0.924. The summed E-state index contributed by atoms with van der Waals surface area (Å²) in [6.45, 7) is 3.58. The minimum atomic E-state index is -4.40. The molecule has 3 N–H and O–H groups in total. The highest BCUT2D eigenvalue weighted by molar-refractivity contribution is 7.47. The Hall–Kier alpha value is -2.07. The van der Waals surface area contributed by atoms with Crippen LogP contribution in [0.5, 0.6) is 0 Å². The smallest absolute Gasteiger partial charge is 0.462 e. The summed E-state index contributed by atoms with van der Waals surface area (Å²) in [6.07, 6.45) is 38.8. The molecule has 4 atom stereocenters. The van der Waals surface area contributed by atoms with Crippen molar-refractivity contribution in [2.24, 2.45) is 5.73 Å². The zero-order valence-corrected chi connectivity index (χ0v) is 33.4. The van der Waals surface area contributed by atoms with E-state index >= 15 is 0 Å². The molecule has 0 radical (unpaired) electrons. The Morgan fingerprint density at radius 1 is 0.731 bits per heavy atom. The first kappa shape index (κ1) is 48.0. The first-order chi connectivity index (χ1) is 25.3. The normalized spacial score (nSPS) is 17.8. The summed E-state index contributed by atoms with van der Waals surface area (Å²) in [5, 5.41) is 0. The topological polar surface area (TPSA) is 147 Å². The molecule has 1 aliphatic heterocycles. The van der Waals surface area contributed by atoms with Crippen molar-refractivity contribution in [3.63, 3.8) is 0 Å². The number of unbranched alkanes of at least 4 members (excludes halogenated alkanes) is 15. The summed E-state index contributed by atoms with van der Waals surface area (Å²) in [5.41, 5.74) is 5.34. The Bertz CT molecular complexity index is 1060. The second kappa shape index (κ2) is 33.5. The number of hydrogen-bond donors (Lipinski definition) is 2. The average Bonchev–Trinajstić information content (AvgIpc) is 3.88. The molecular formula is C41H72NO9P. The van der Waals surface area contributed by atoms with Crippen LogP contribution in [0.3, 0.4) is 0 Å². The van der Waals surface area contributed by atoms with Crippen LogP contribution in [0.4, 0.5) is 0 Å². The van der Waals surface area contributed by atoms with Gasteiger partial charge in [0, 0.05) is 19.4 Å². The van der Waals surface area contributed by atoms with E-state index in [2.05, 4.69) is 32.1 Å². The Labute approximate surface area is 315 Å². The van der Waals surface area contributed by atoms with Gasteiger partial charge in [0.05, 0.1) is 19.3 Å². The standard InChI is InChI=1S/C41H72NO9P/c1-3-5-7-9-11-13-15-17-19-21-23-25-27-31-40(43)47-35-37(36-49-52(45,46)48-34-33-42)50-41(44)32-28-30-39-38(51-39)29-26-24-22-20-18-16-14-12-10-8-6-4-2/h12,14,18,20,22,24,26,29,37-39H,3-11,13,15-17,19,21,23,25,27-28,30-36,42H2,1-2H3,(H,45,46)/b14-12+,20-18+,24-22-,29-26-. The van der Waals surface area contributed by atoms with Crippen molar-refractivity contribution >= 4 is 19.8 Å². The van der Waals surface area contributed by atoms with Crippen molar-refractivity contribution in [1.29, 1.82) is 0 Å². The summed E-state index contributed by atoms with van der Waals surface area (Å²) >= 11 is 0. The molecule has 52 heavy (non-hydrogen) atoms. The molecule has 1 heterocycles. The molecule has 300 valence electrons. The number of carbonyl (C=O) groups excluding carboxylic acids is 2. The van der Waals surface area contributed by atoms with Gasteiger partial charge in [-0.2, -0.15) is 0 Å². The number of phosphoric ester groups is 1. The highest BCUT2D eigenvalue weighted by Gasteiger charge is 2.35. The van der Waals surface area contributed by atoms with Crippen LogP contribution in [0, 0.1) is 0 Å². The molecule has 11 heteroatoms. The minimum absolute atomic E-state index is 0.0263. The Morgan fingerprint density at radius 3 is 2.02 bits per heavy atom. The number of rotatable bonds is 36. The number of esters is 2. The molecule has 1 rings (SSSR count). The van der Waals surface area contributed by atoms with Crippen LogP contribution in [0.25, 0.3) is 0 Å². The van der Waals surface area contributed by atoms with Gasteiger partial charge in [0.1, 0.15) is 12.7 Å². The lowest BCUT2D eigenvalue weighted by Crippen LogP contribution is -2.29. The van der Waals surface area contributed by atoms with Crippen LogP contribution in [0.2, 0.25) is 0 Å². The monoisotopic (exact) mass is 753 g/mol. The maximum absolute atomic E-state index is 12.6. The molecule has 0 spiro atoms. The van der Waals surface area contributed by atoms with E-state index in [0.717, 1.165) is 32.1 Å². The second-order valence-electron chi connectivity index (χ2n) is 13.6. The zero-order valence-electron chi connectivity index (χ0n) is 32.5. The van der Waals surface area contributed by atoms with Gasteiger partial charge in [-0.3, -0.25) is 18.6 Å². The third-order valence-corrected chi connectivity index (χ3v) is 9.67. The number of allylic oxidation sites excluding steroid dienone is 7. The van der Waals surface area contributed by atoms with Gasteiger partial charge in [0.25, 0.3) is 0 Å². The highest BCUT2D eigenvalue weighted by Crippen LogP contribution is 2.43. The Balaban J connectivity index is 2.30. The quantitative estimate of drug-likeness (QED) is 0.0158. The van der Waals surface area contributed by atoms with Crippen molar-refractivity contribution in [3.8, 4) is 0 Å². The van der Waals surface area contributed by atoms with Crippen molar-refractivity contribution in [3.05, 3.63) is 48.6 Å². The Kier molecular flexibility index (Phi) is 30.9. The van der Waals surface area contributed by atoms with Crippen molar-refractivity contribution < 1.29 is 42.3 Å². The average molecular weight is 754 g/mol. The van der Waals surface area contributed by atoms with E-state index in [4.69, 9.17) is 29.0 Å². The summed E-state index contributed by atoms with van der Waals surface area (Å²) in [7, 11) is -4.40. The van der Waals surface area contributed by atoms with Crippen LogP contribution in [-0.2, 0) is 37.4 Å². The lowest BCUT2D eigenvalue weighted by atomic mass is 10.0. The largest absolute Gasteiger partial charge is 0.472 e. The Morgan fingerprint density at radius 2 is 1.35 bits per heavy atom. The summed E-state index contributed by atoms with van der Waals surface area (Å²) in [4.78, 5) is 34.9. The van der Waals surface area contributed by atoms with Crippen LogP contribution in [-0.4, -0.2) is 61.5 Å².